The van der Waals surface area contributed by atoms with E-state index in [1.807, 2.05) is 6.92 Å². The maximum atomic E-state index is 13.3. The summed E-state index contributed by atoms with van der Waals surface area (Å²) in [4.78, 5) is 14.1. The van der Waals surface area contributed by atoms with Crippen molar-refractivity contribution in [2.45, 2.75) is 27.2 Å². The maximum Gasteiger partial charge on any atom is 0.231 e. The monoisotopic (exact) mass is 266 g/mol. The third kappa shape index (κ3) is 4.31. The Morgan fingerprint density at radius 3 is 2.58 bits per heavy atom. The Bertz CT molecular complexity index is 420. The van der Waals surface area contributed by atoms with Crippen molar-refractivity contribution in [2.75, 3.05) is 18.0 Å². The van der Waals surface area contributed by atoms with Gasteiger partial charge in [-0.3, -0.25) is 4.79 Å². The molecule has 0 radical (unpaired) electrons. The van der Waals surface area contributed by atoms with E-state index < -0.39 is 0 Å². The summed E-state index contributed by atoms with van der Waals surface area (Å²) in [6.45, 7) is 6.84. The zero-order chi connectivity index (χ0) is 14.4. The molecule has 2 N–H and O–H groups in total. The molecule has 0 spiro atoms. The molecule has 0 aliphatic carbocycles. The van der Waals surface area contributed by atoms with Crippen molar-refractivity contribution >= 4 is 11.6 Å². The number of hydrogen-bond acceptors (Lipinski definition) is 2. The van der Waals surface area contributed by atoms with Gasteiger partial charge in [0.15, 0.2) is 0 Å². The fourth-order valence-electron chi connectivity index (χ4n) is 2.20. The standard InChI is InChI=1S/C15H23FN2O/c1-4-18(14-7-5-6-13(16)9-14)15(19)12(10-17)8-11(2)3/h5-7,9,11-12H,4,8,10,17H2,1-3H3. The number of anilines is 1. The summed E-state index contributed by atoms with van der Waals surface area (Å²) in [5, 5.41) is 0. The normalized spacial score (nSPS) is 12.5. The average molecular weight is 266 g/mol. The molecule has 0 aromatic heterocycles. The summed E-state index contributed by atoms with van der Waals surface area (Å²) in [6.07, 6.45) is 0.751. The summed E-state index contributed by atoms with van der Waals surface area (Å²) in [5.74, 6) is -0.159. The van der Waals surface area contributed by atoms with Crippen molar-refractivity contribution in [3.63, 3.8) is 0 Å². The highest BCUT2D eigenvalue weighted by molar-refractivity contribution is 5.95. The summed E-state index contributed by atoms with van der Waals surface area (Å²) < 4.78 is 13.3. The molecular weight excluding hydrogens is 243 g/mol. The Hall–Kier alpha value is -1.42. The second kappa shape index (κ2) is 7.24. The molecule has 19 heavy (non-hydrogen) atoms. The van der Waals surface area contributed by atoms with E-state index in [0.29, 0.717) is 24.7 Å². The van der Waals surface area contributed by atoms with Gasteiger partial charge in [-0.2, -0.15) is 0 Å². The average Bonchev–Trinajstić information content (AvgIpc) is 2.36. The maximum absolute atomic E-state index is 13.3. The van der Waals surface area contributed by atoms with Crippen LogP contribution in [0.15, 0.2) is 24.3 Å². The number of carbonyl (C=O) groups excluding carboxylic acids is 1. The lowest BCUT2D eigenvalue weighted by molar-refractivity contribution is -0.122. The SMILES string of the molecule is CCN(C(=O)C(CN)CC(C)C)c1cccc(F)c1. The lowest BCUT2D eigenvalue weighted by atomic mass is 9.95. The minimum absolute atomic E-state index is 0.0238. The van der Waals surface area contributed by atoms with Crippen LogP contribution in [0.1, 0.15) is 27.2 Å². The highest BCUT2D eigenvalue weighted by Crippen LogP contribution is 2.20. The molecule has 1 amide bonds. The molecule has 1 aromatic carbocycles. The van der Waals surface area contributed by atoms with Crippen molar-refractivity contribution in [2.24, 2.45) is 17.6 Å². The summed E-state index contributed by atoms with van der Waals surface area (Å²) in [7, 11) is 0. The van der Waals surface area contributed by atoms with Crippen LogP contribution in [0, 0.1) is 17.7 Å². The van der Waals surface area contributed by atoms with Crippen LogP contribution >= 0.6 is 0 Å². The third-order valence-electron chi connectivity index (χ3n) is 3.09. The lowest BCUT2D eigenvalue weighted by Crippen LogP contribution is -2.39. The van der Waals surface area contributed by atoms with Crippen LogP contribution in [0.5, 0.6) is 0 Å². The van der Waals surface area contributed by atoms with Crippen molar-refractivity contribution in [1.29, 1.82) is 0 Å². The van der Waals surface area contributed by atoms with Gasteiger partial charge in [-0.25, -0.2) is 4.39 Å². The van der Waals surface area contributed by atoms with E-state index >= 15 is 0 Å². The Kier molecular flexibility index (Phi) is 5.96. The molecule has 1 unspecified atom stereocenters. The molecule has 0 saturated heterocycles. The van der Waals surface area contributed by atoms with Gasteiger partial charge in [-0.05, 0) is 37.5 Å². The van der Waals surface area contributed by atoms with E-state index in [2.05, 4.69) is 13.8 Å². The van der Waals surface area contributed by atoms with Gasteiger partial charge in [-0.1, -0.05) is 19.9 Å². The van der Waals surface area contributed by atoms with Crippen LogP contribution in [-0.2, 0) is 4.79 Å². The van der Waals surface area contributed by atoms with E-state index in [-0.39, 0.29) is 17.6 Å². The number of benzene rings is 1. The number of hydrogen-bond donors (Lipinski definition) is 1. The molecular formula is C15H23FN2O. The van der Waals surface area contributed by atoms with Crippen molar-refractivity contribution in [3.05, 3.63) is 30.1 Å². The molecule has 0 fully saturated rings. The van der Waals surface area contributed by atoms with Gasteiger partial charge in [0.25, 0.3) is 0 Å². The summed E-state index contributed by atoms with van der Waals surface area (Å²) in [5.41, 5.74) is 6.29. The van der Waals surface area contributed by atoms with Crippen LogP contribution in [0.4, 0.5) is 10.1 Å². The van der Waals surface area contributed by atoms with Crippen LogP contribution < -0.4 is 10.6 Å². The van der Waals surface area contributed by atoms with E-state index in [0.717, 1.165) is 6.42 Å². The van der Waals surface area contributed by atoms with E-state index in [1.54, 1.807) is 17.0 Å². The lowest BCUT2D eigenvalue weighted by Gasteiger charge is -2.26. The molecule has 3 nitrogen and oxygen atoms in total. The molecule has 1 aromatic rings. The molecule has 1 atom stereocenters. The predicted octanol–water partition coefficient (Wildman–Crippen LogP) is 2.80. The van der Waals surface area contributed by atoms with Gasteiger partial charge >= 0.3 is 0 Å². The molecule has 0 saturated carbocycles. The minimum atomic E-state index is -0.336. The number of carbonyl (C=O) groups is 1. The van der Waals surface area contributed by atoms with Crippen LogP contribution in [0.2, 0.25) is 0 Å². The van der Waals surface area contributed by atoms with E-state index in [4.69, 9.17) is 5.73 Å². The van der Waals surface area contributed by atoms with E-state index in [9.17, 15) is 9.18 Å². The molecule has 0 bridgehead atoms. The summed E-state index contributed by atoms with van der Waals surface area (Å²) >= 11 is 0. The highest BCUT2D eigenvalue weighted by atomic mass is 19.1. The van der Waals surface area contributed by atoms with Gasteiger partial charge in [0.05, 0.1) is 5.92 Å². The second-order valence-corrected chi connectivity index (χ2v) is 5.12. The number of halogens is 1. The van der Waals surface area contributed by atoms with E-state index in [1.165, 1.54) is 12.1 Å². The number of nitrogens with zero attached hydrogens (tertiary/aromatic N) is 1. The molecule has 0 aliphatic rings. The number of nitrogens with two attached hydrogens (primary N) is 1. The Morgan fingerprint density at radius 2 is 2.11 bits per heavy atom. The van der Waals surface area contributed by atoms with Gasteiger partial charge in [0.1, 0.15) is 5.82 Å². The van der Waals surface area contributed by atoms with Crippen molar-refractivity contribution in [1.82, 2.24) is 0 Å². The number of rotatable bonds is 6. The fourth-order valence-corrected chi connectivity index (χ4v) is 2.20. The van der Waals surface area contributed by atoms with Crippen LogP contribution in [-0.4, -0.2) is 19.0 Å². The minimum Gasteiger partial charge on any atom is -0.330 e. The molecule has 0 heterocycles. The Labute approximate surface area is 114 Å². The van der Waals surface area contributed by atoms with Gasteiger partial charge < -0.3 is 10.6 Å². The Balaban J connectivity index is 2.92. The van der Waals surface area contributed by atoms with Crippen LogP contribution in [0.3, 0.4) is 0 Å². The van der Waals surface area contributed by atoms with Gasteiger partial charge in [0, 0.05) is 18.8 Å². The quantitative estimate of drug-likeness (QED) is 0.860. The van der Waals surface area contributed by atoms with Crippen molar-refractivity contribution in [3.8, 4) is 0 Å². The topological polar surface area (TPSA) is 46.3 Å². The molecule has 1 rings (SSSR count). The van der Waals surface area contributed by atoms with Crippen LogP contribution in [0.25, 0.3) is 0 Å². The van der Waals surface area contributed by atoms with Gasteiger partial charge in [-0.15, -0.1) is 0 Å². The molecule has 106 valence electrons. The largest absolute Gasteiger partial charge is 0.330 e. The zero-order valence-corrected chi connectivity index (χ0v) is 11.9. The first-order chi connectivity index (χ1) is 8.99. The van der Waals surface area contributed by atoms with Crippen molar-refractivity contribution < 1.29 is 9.18 Å². The fraction of sp³-hybridized carbons (Fsp3) is 0.533. The van der Waals surface area contributed by atoms with Gasteiger partial charge in [0.2, 0.25) is 5.91 Å². The first-order valence-electron chi connectivity index (χ1n) is 6.76. The predicted molar refractivity (Wildman–Crippen MR) is 76.4 cm³/mol. The molecule has 0 aliphatic heterocycles. The summed E-state index contributed by atoms with van der Waals surface area (Å²) in [6, 6.07) is 6.11. The Morgan fingerprint density at radius 1 is 1.42 bits per heavy atom. The highest BCUT2D eigenvalue weighted by Gasteiger charge is 2.24. The molecule has 4 heteroatoms. The first kappa shape index (κ1) is 15.6. The first-order valence-corrected chi connectivity index (χ1v) is 6.76. The second-order valence-electron chi connectivity index (χ2n) is 5.12. The zero-order valence-electron chi connectivity index (χ0n) is 11.9. The number of amides is 1. The third-order valence-corrected chi connectivity index (χ3v) is 3.09. The smallest absolute Gasteiger partial charge is 0.231 e.